The zero-order valence-corrected chi connectivity index (χ0v) is 13.2. The second-order valence-corrected chi connectivity index (χ2v) is 5.83. The molecule has 2 unspecified atom stereocenters. The highest BCUT2D eigenvalue weighted by molar-refractivity contribution is 5.86. The fourth-order valence-corrected chi connectivity index (χ4v) is 3.34. The van der Waals surface area contributed by atoms with E-state index in [1.54, 1.807) is 4.90 Å². The van der Waals surface area contributed by atoms with Crippen LogP contribution in [0.1, 0.15) is 31.4 Å². The number of likely N-dealkylation sites (tertiary alicyclic amines) is 1. The molecule has 1 aliphatic rings. The number of nitrogens with zero attached hydrogens (tertiary/aromatic N) is 2. The third-order valence-electron chi connectivity index (χ3n) is 4.47. The summed E-state index contributed by atoms with van der Waals surface area (Å²) in [4.78, 5) is 14.1. The van der Waals surface area contributed by atoms with Gasteiger partial charge < -0.3 is 9.64 Å². The number of piperidine rings is 1. The molecular weight excluding hydrogens is 288 g/mol. The molecule has 3 rings (SSSR count). The lowest BCUT2D eigenvalue weighted by molar-refractivity contribution is 0.0706. The van der Waals surface area contributed by atoms with Crippen molar-refractivity contribution in [1.82, 2.24) is 4.90 Å². The van der Waals surface area contributed by atoms with Gasteiger partial charge >= 0.3 is 6.09 Å². The molecule has 0 N–H and O–H groups in total. The molecule has 4 nitrogen and oxygen atoms in total. The molecule has 0 aromatic heterocycles. The van der Waals surface area contributed by atoms with Gasteiger partial charge in [-0.2, -0.15) is 5.26 Å². The van der Waals surface area contributed by atoms with Crippen LogP contribution in [0.2, 0.25) is 0 Å². The van der Waals surface area contributed by atoms with Crippen LogP contribution in [-0.4, -0.2) is 24.1 Å². The van der Waals surface area contributed by atoms with E-state index in [2.05, 4.69) is 30.3 Å². The van der Waals surface area contributed by atoms with Gasteiger partial charge in [0.2, 0.25) is 0 Å². The number of carbonyl (C=O) groups is 1. The van der Waals surface area contributed by atoms with E-state index in [0.29, 0.717) is 26.0 Å². The van der Waals surface area contributed by atoms with Crippen molar-refractivity contribution in [1.29, 1.82) is 5.26 Å². The number of amides is 1. The molecule has 0 bridgehead atoms. The number of benzene rings is 2. The number of rotatable bonds is 2. The summed E-state index contributed by atoms with van der Waals surface area (Å²) in [5, 5.41) is 11.6. The second kappa shape index (κ2) is 6.70. The van der Waals surface area contributed by atoms with E-state index in [1.165, 1.54) is 0 Å². The van der Waals surface area contributed by atoms with Crippen molar-refractivity contribution in [3.05, 3.63) is 48.0 Å². The summed E-state index contributed by atoms with van der Waals surface area (Å²) in [6.45, 7) is 2.73. The minimum absolute atomic E-state index is 0.0235. The van der Waals surface area contributed by atoms with Gasteiger partial charge in [-0.15, -0.1) is 0 Å². The third-order valence-corrected chi connectivity index (χ3v) is 4.47. The molecule has 4 heteroatoms. The number of hydrogen-bond acceptors (Lipinski definition) is 3. The van der Waals surface area contributed by atoms with Crippen LogP contribution >= 0.6 is 0 Å². The maximum absolute atomic E-state index is 12.3. The van der Waals surface area contributed by atoms with Crippen LogP contribution < -0.4 is 0 Å². The Labute approximate surface area is 136 Å². The largest absolute Gasteiger partial charge is 0.450 e. The molecule has 1 saturated heterocycles. The van der Waals surface area contributed by atoms with Gasteiger partial charge in [0, 0.05) is 6.54 Å². The van der Waals surface area contributed by atoms with Crippen molar-refractivity contribution in [2.45, 2.75) is 25.8 Å². The van der Waals surface area contributed by atoms with Gasteiger partial charge in [-0.25, -0.2) is 4.79 Å². The van der Waals surface area contributed by atoms with E-state index in [4.69, 9.17) is 4.74 Å². The average Bonchev–Trinajstić information content (AvgIpc) is 2.61. The third kappa shape index (κ3) is 3.00. The van der Waals surface area contributed by atoms with Crippen LogP contribution in [-0.2, 0) is 4.74 Å². The smallest absolute Gasteiger partial charge is 0.410 e. The van der Waals surface area contributed by atoms with Crippen molar-refractivity contribution < 1.29 is 9.53 Å². The van der Waals surface area contributed by atoms with Crippen molar-refractivity contribution in [2.75, 3.05) is 13.2 Å². The van der Waals surface area contributed by atoms with Gasteiger partial charge in [-0.3, -0.25) is 0 Å². The van der Waals surface area contributed by atoms with E-state index in [-0.39, 0.29) is 18.1 Å². The Kier molecular flexibility index (Phi) is 4.47. The molecule has 1 amide bonds. The van der Waals surface area contributed by atoms with Crippen molar-refractivity contribution >= 4 is 16.9 Å². The van der Waals surface area contributed by atoms with E-state index in [0.717, 1.165) is 16.3 Å². The Morgan fingerprint density at radius 1 is 1.30 bits per heavy atom. The summed E-state index contributed by atoms with van der Waals surface area (Å²) in [6.07, 6.45) is 1.07. The minimum atomic E-state index is -0.290. The van der Waals surface area contributed by atoms with Gasteiger partial charge in [0.15, 0.2) is 0 Å². The molecule has 23 heavy (non-hydrogen) atoms. The van der Waals surface area contributed by atoms with Gasteiger partial charge in [0.1, 0.15) is 0 Å². The highest BCUT2D eigenvalue weighted by atomic mass is 16.6. The first kappa shape index (κ1) is 15.4. The predicted molar refractivity (Wildman–Crippen MR) is 88.8 cm³/mol. The van der Waals surface area contributed by atoms with E-state index >= 15 is 0 Å². The van der Waals surface area contributed by atoms with Crippen LogP contribution in [0.5, 0.6) is 0 Å². The number of nitriles is 1. The molecule has 1 aliphatic heterocycles. The topological polar surface area (TPSA) is 53.3 Å². The van der Waals surface area contributed by atoms with Gasteiger partial charge in [-0.05, 0) is 36.1 Å². The van der Waals surface area contributed by atoms with Crippen molar-refractivity contribution in [3.63, 3.8) is 0 Å². The maximum Gasteiger partial charge on any atom is 0.410 e. The Hall–Kier alpha value is -2.54. The first-order chi connectivity index (χ1) is 11.2. The lowest BCUT2D eigenvalue weighted by Gasteiger charge is -2.37. The monoisotopic (exact) mass is 308 g/mol. The molecule has 2 aromatic rings. The van der Waals surface area contributed by atoms with Crippen LogP contribution in [0.25, 0.3) is 10.8 Å². The molecule has 2 aromatic carbocycles. The summed E-state index contributed by atoms with van der Waals surface area (Å²) in [5.74, 6) is -0.0235. The minimum Gasteiger partial charge on any atom is -0.450 e. The number of hydrogen-bond donors (Lipinski definition) is 0. The highest BCUT2D eigenvalue weighted by Crippen LogP contribution is 2.37. The standard InChI is InChI=1S/C19H20N2O2/c1-2-23-19(22)21-11-10-14(13-20)12-18(21)17-9-5-7-15-6-3-4-8-16(15)17/h3-9,14,18H,2,10-12H2,1H3. The molecule has 1 fully saturated rings. The lowest BCUT2D eigenvalue weighted by atomic mass is 9.86. The Bertz CT molecular complexity index is 745. The summed E-state index contributed by atoms with van der Waals surface area (Å²) >= 11 is 0. The average molecular weight is 308 g/mol. The summed E-state index contributed by atoms with van der Waals surface area (Å²) in [7, 11) is 0. The zero-order chi connectivity index (χ0) is 16.2. The molecule has 1 heterocycles. The fourth-order valence-electron chi connectivity index (χ4n) is 3.34. The van der Waals surface area contributed by atoms with Gasteiger partial charge in [0.25, 0.3) is 0 Å². The van der Waals surface area contributed by atoms with Crippen LogP contribution in [0.3, 0.4) is 0 Å². The van der Waals surface area contributed by atoms with Gasteiger partial charge in [-0.1, -0.05) is 42.5 Å². The van der Waals surface area contributed by atoms with Crippen molar-refractivity contribution in [3.8, 4) is 6.07 Å². The first-order valence-corrected chi connectivity index (χ1v) is 8.05. The van der Waals surface area contributed by atoms with E-state index < -0.39 is 0 Å². The summed E-state index contributed by atoms with van der Waals surface area (Å²) in [6, 6.07) is 16.5. The number of fused-ring (bicyclic) bond motifs is 1. The lowest BCUT2D eigenvalue weighted by Crippen LogP contribution is -2.41. The Balaban J connectivity index is 2.03. The van der Waals surface area contributed by atoms with E-state index in [9.17, 15) is 10.1 Å². The summed E-state index contributed by atoms with van der Waals surface area (Å²) < 4.78 is 5.22. The Morgan fingerprint density at radius 2 is 2.09 bits per heavy atom. The molecule has 0 saturated carbocycles. The van der Waals surface area contributed by atoms with Gasteiger partial charge in [0.05, 0.1) is 24.6 Å². The molecule has 2 atom stereocenters. The number of carbonyl (C=O) groups excluding carboxylic acids is 1. The maximum atomic E-state index is 12.3. The highest BCUT2D eigenvalue weighted by Gasteiger charge is 2.34. The second-order valence-electron chi connectivity index (χ2n) is 5.83. The molecule has 118 valence electrons. The van der Waals surface area contributed by atoms with E-state index in [1.807, 2.05) is 25.1 Å². The van der Waals surface area contributed by atoms with Crippen molar-refractivity contribution in [2.24, 2.45) is 5.92 Å². The fraction of sp³-hybridized carbons (Fsp3) is 0.368. The molecule has 0 spiro atoms. The normalized spacial score (nSPS) is 21.0. The molecular formula is C19H20N2O2. The molecule has 0 radical (unpaired) electrons. The summed E-state index contributed by atoms with van der Waals surface area (Å²) in [5.41, 5.74) is 1.09. The molecule has 0 aliphatic carbocycles. The van der Waals surface area contributed by atoms with Crippen LogP contribution in [0.15, 0.2) is 42.5 Å². The predicted octanol–water partition coefficient (Wildman–Crippen LogP) is 4.27. The SMILES string of the molecule is CCOC(=O)N1CCC(C#N)CC1c1cccc2ccccc12. The quantitative estimate of drug-likeness (QED) is 0.832. The first-order valence-electron chi connectivity index (χ1n) is 8.05. The Morgan fingerprint density at radius 3 is 2.87 bits per heavy atom. The number of ether oxygens (including phenoxy) is 1. The van der Waals surface area contributed by atoms with Crippen LogP contribution in [0.4, 0.5) is 4.79 Å². The van der Waals surface area contributed by atoms with Crippen LogP contribution in [0, 0.1) is 17.2 Å². The zero-order valence-electron chi connectivity index (χ0n) is 13.2.